The van der Waals surface area contributed by atoms with Crippen LogP contribution in [0, 0.1) is 5.92 Å². The lowest BCUT2D eigenvalue weighted by Gasteiger charge is -2.24. The molecule has 1 saturated heterocycles. The van der Waals surface area contributed by atoms with Gasteiger partial charge in [-0.3, -0.25) is 4.68 Å². The maximum absolute atomic E-state index is 6.45. The van der Waals surface area contributed by atoms with Gasteiger partial charge in [0, 0.05) is 19.0 Å². The third-order valence-corrected chi connectivity index (χ3v) is 5.61. The predicted molar refractivity (Wildman–Crippen MR) is 88.6 cm³/mol. The van der Waals surface area contributed by atoms with Gasteiger partial charge >= 0.3 is 0 Å². The Bertz CT molecular complexity index is 427. The molecule has 3 nitrogen and oxygen atoms in total. The highest BCUT2D eigenvalue weighted by Crippen LogP contribution is 2.28. The summed E-state index contributed by atoms with van der Waals surface area (Å²) in [6, 6.07) is 0.201. The Kier molecular flexibility index (Phi) is 6.24. The lowest BCUT2D eigenvalue weighted by atomic mass is 9.92. The van der Waals surface area contributed by atoms with Gasteiger partial charge in [0.1, 0.15) is 0 Å². The fourth-order valence-electron chi connectivity index (χ4n) is 2.95. The molecule has 114 valence electrons. The first-order chi connectivity index (χ1) is 9.65. The summed E-state index contributed by atoms with van der Waals surface area (Å²) in [4.78, 5) is 0. The van der Waals surface area contributed by atoms with Crippen molar-refractivity contribution in [2.75, 3.05) is 11.5 Å². The molecular weight excluding hydrogens is 290 g/mol. The van der Waals surface area contributed by atoms with Gasteiger partial charge in [-0.1, -0.05) is 18.5 Å². The molecule has 0 aromatic carbocycles. The minimum atomic E-state index is 0.201. The van der Waals surface area contributed by atoms with E-state index in [2.05, 4.69) is 30.7 Å². The van der Waals surface area contributed by atoms with Crippen molar-refractivity contribution < 1.29 is 0 Å². The summed E-state index contributed by atoms with van der Waals surface area (Å²) in [5.41, 5.74) is 8.51. The second-order valence-corrected chi connectivity index (χ2v) is 7.24. The molecule has 1 fully saturated rings. The van der Waals surface area contributed by atoms with Crippen molar-refractivity contribution in [1.29, 1.82) is 0 Å². The molecule has 5 heteroatoms. The van der Waals surface area contributed by atoms with Gasteiger partial charge in [0.25, 0.3) is 0 Å². The first kappa shape index (κ1) is 16.2. The van der Waals surface area contributed by atoms with Crippen LogP contribution >= 0.6 is 23.4 Å². The molecule has 1 aromatic heterocycles. The number of halogens is 1. The van der Waals surface area contributed by atoms with Crippen LogP contribution in [0.2, 0.25) is 5.02 Å². The average molecular weight is 316 g/mol. The number of hydrogen-bond acceptors (Lipinski definition) is 3. The molecule has 0 aliphatic carbocycles. The van der Waals surface area contributed by atoms with Crippen LogP contribution < -0.4 is 5.73 Å². The Morgan fingerprint density at radius 2 is 2.10 bits per heavy atom. The van der Waals surface area contributed by atoms with Crippen LogP contribution in [0.1, 0.15) is 44.5 Å². The Balaban J connectivity index is 1.99. The quantitative estimate of drug-likeness (QED) is 0.873. The third-order valence-electron chi connectivity index (χ3n) is 4.13. The Morgan fingerprint density at radius 1 is 1.40 bits per heavy atom. The molecule has 2 N–H and O–H groups in total. The molecule has 0 amide bonds. The lowest BCUT2D eigenvalue weighted by molar-refractivity contribution is 0.401. The molecule has 0 spiro atoms. The Labute approximate surface area is 131 Å². The van der Waals surface area contributed by atoms with E-state index in [1.54, 1.807) is 0 Å². The van der Waals surface area contributed by atoms with Crippen LogP contribution in [-0.4, -0.2) is 27.3 Å². The van der Waals surface area contributed by atoms with E-state index in [0.29, 0.717) is 0 Å². The summed E-state index contributed by atoms with van der Waals surface area (Å²) in [7, 11) is 0. The Hall–Kier alpha value is -0.190. The van der Waals surface area contributed by atoms with E-state index in [0.717, 1.165) is 48.1 Å². The molecule has 1 atom stereocenters. The largest absolute Gasteiger partial charge is 0.327 e. The molecule has 0 saturated carbocycles. The number of hydrogen-bond donors (Lipinski definition) is 1. The number of nitrogens with zero attached hydrogens (tertiary/aromatic N) is 2. The fourth-order valence-corrected chi connectivity index (χ4v) is 4.50. The van der Waals surface area contributed by atoms with Crippen LogP contribution in [0.25, 0.3) is 0 Å². The molecule has 0 bridgehead atoms. The second-order valence-electron chi connectivity index (χ2n) is 5.63. The highest BCUT2D eigenvalue weighted by atomic mass is 35.5. The summed E-state index contributed by atoms with van der Waals surface area (Å²) < 4.78 is 2.03. The molecule has 20 heavy (non-hydrogen) atoms. The van der Waals surface area contributed by atoms with Crippen LogP contribution in [0.3, 0.4) is 0 Å². The minimum Gasteiger partial charge on any atom is -0.327 e. The molecule has 2 rings (SSSR count). The normalized spacial score (nSPS) is 18.4. The van der Waals surface area contributed by atoms with Gasteiger partial charge in [-0.15, -0.1) is 0 Å². The standard InChI is InChI=1S/C15H26ClN3S/c1-3-13-15(16)14(19(4-2)18-13)10-12(17)9-11-5-7-20-8-6-11/h11-12H,3-10,17H2,1-2H3. The molecule has 2 heterocycles. The maximum Gasteiger partial charge on any atom is 0.0850 e. The van der Waals surface area contributed by atoms with E-state index in [1.807, 2.05) is 4.68 Å². The summed E-state index contributed by atoms with van der Waals surface area (Å²) in [6.07, 6.45) is 5.49. The average Bonchev–Trinajstić information content (AvgIpc) is 2.76. The van der Waals surface area contributed by atoms with Crippen LogP contribution in [0.5, 0.6) is 0 Å². The molecule has 1 unspecified atom stereocenters. The van der Waals surface area contributed by atoms with E-state index in [1.165, 1.54) is 24.3 Å². The summed E-state index contributed by atoms with van der Waals surface area (Å²) in [6.45, 7) is 5.07. The van der Waals surface area contributed by atoms with Gasteiger partial charge in [-0.2, -0.15) is 16.9 Å². The Morgan fingerprint density at radius 3 is 2.70 bits per heavy atom. The number of thioether (sulfide) groups is 1. The number of aryl methyl sites for hydroxylation is 2. The van der Waals surface area contributed by atoms with Gasteiger partial charge in [-0.25, -0.2) is 0 Å². The van der Waals surface area contributed by atoms with Crippen LogP contribution in [0.15, 0.2) is 0 Å². The van der Waals surface area contributed by atoms with Crippen LogP contribution in [0.4, 0.5) is 0 Å². The van der Waals surface area contributed by atoms with Crippen molar-refractivity contribution >= 4 is 23.4 Å². The summed E-state index contributed by atoms with van der Waals surface area (Å²) >= 11 is 8.52. The van der Waals surface area contributed by atoms with Crippen molar-refractivity contribution in [2.24, 2.45) is 11.7 Å². The zero-order valence-corrected chi connectivity index (χ0v) is 14.1. The predicted octanol–water partition coefficient (Wildman–Crippen LogP) is 3.52. The number of nitrogens with two attached hydrogens (primary N) is 1. The highest BCUT2D eigenvalue weighted by molar-refractivity contribution is 7.99. The topological polar surface area (TPSA) is 43.8 Å². The van der Waals surface area contributed by atoms with E-state index in [-0.39, 0.29) is 6.04 Å². The van der Waals surface area contributed by atoms with Gasteiger partial charge in [-0.05, 0) is 50.0 Å². The maximum atomic E-state index is 6.45. The van der Waals surface area contributed by atoms with Crippen molar-refractivity contribution in [3.8, 4) is 0 Å². The fraction of sp³-hybridized carbons (Fsp3) is 0.800. The number of rotatable bonds is 6. The monoisotopic (exact) mass is 315 g/mol. The minimum absolute atomic E-state index is 0.201. The van der Waals surface area contributed by atoms with E-state index in [9.17, 15) is 0 Å². The van der Waals surface area contributed by atoms with Gasteiger partial charge < -0.3 is 5.73 Å². The molecule has 0 radical (unpaired) electrons. The van der Waals surface area contributed by atoms with Crippen molar-refractivity contribution in [3.63, 3.8) is 0 Å². The van der Waals surface area contributed by atoms with E-state index >= 15 is 0 Å². The third kappa shape index (κ3) is 3.92. The van der Waals surface area contributed by atoms with Crippen LogP contribution in [-0.2, 0) is 19.4 Å². The highest BCUT2D eigenvalue weighted by Gasteiger charge is 2.21. The summed E-state index contributed by atoms with van der Waals surface area (Å²) in [5.74, 6) is 3.39. The van der Waals surface area contributed by atoms with Gasteiger partial charge in [0.05, 0.1) is 16.4 Å². The van der Waals surface area contributed by atoms with Gasteiger partial charge in [0.2, 0.25) is 0 Å². The first-order valence-corrected chi connectivity index (χ1v) is 9.26. The lowest BCUT2D eigenvalue weighted by Crippen LogP contribution is -2.28. The molecule has 1 aliphatic rings. The smallest absolute Gasteiger partial charge is 0.0850 e. The second kappa shape index (κ2) is 7.71. The molecule has 1 aromatic rings. The number of aromatic nitrogens is 2. The van der Waals surface area contributed by atoms with E-state index in [4.69, 9.17) is 17.3 Å². The van der Waals surface area contributed by atoms with Crippen molar-refractivity contribution in [1.82, 2.24) is 9.78 Å². The van der Waals surface area contributed by atoms with Crippen molar-refractivity contribution in [2.45, 2.75) is 58.5 Å². The summed E-state index contributed by atoms with van der Waals surface area (Å²) in [5, 5.41) is 5.41. The zero-order chi connectivity index (χ0) is 14.5. The molecular formula is C15H26ClN3S. The van der Waals surface area contributed by atoms with E-state index < -0.39 is 0 Å². The SMILES string of the molecule is CCc1nn(CC)c(CC(N)CC2CCSCC2)c1Cl. The van der Waals surface area contributed by atoms with Crippen molar-refractivity contribution in [3.05, 3.63) is 16.4 Å². The van der Waals surface area contributed by atoms with Gasteiger partial charge in [0.15, 0.2) is 0 Å². The zero-order valence-electron chi connectivity index (χ0n) is 12.6. The first-order valence-electron chi connectivity index (χ1n) is 7.73. The molecule has 1 aliphatic heterocycles.